The van der Waals surface area contributed by atoms with E-state index in [-0.39, 0.29) is 30.5 Å². The van der Waals surface area contributed by atoms with Crippen molar-refractivity contribution in [3.05, 3.63) is 53.9 Å². The summed E-state index contributed by atoms with van der Waals surface area (Å²) < 4.78 is 50.0. The third kappa shape index (κ3) is 3.78. The number of morpholine rings is 1. The van der Waals surface area contributed by atoms with Crippen LogP contribution in [0.4, 0.5) is 0 Å². The molecule has 0 radical (unpaired) electrons. The van der Waals surface area contributed by atoms with Gasteiger partial charge in [0.1, 0.15) is 13.2 Å². The molecule has 0 spiro atoms. The Labute approximate surface area is 179 Å². The Morgan fingerprint density at radius 2 is 1.84 bits per heavy atom. The van der Waals surface area contributed by atoms with E-state index >= 15 is 0 Å². The minimum Gasteiger partial charge on any atom is -0.486 e. The second-order valence-corrected chi connectivity index (χ2v) is 9.24. The van der Waals surface area contributed by atoms with Gasteiger partial charge in [-0.1, -0.05) is 29.4 Å². The molecule has 0 N–H and O–H groups in total. The van der Waals surface area contributed by atoms with Gasteiger partial charge in [-0.25, -0.2) is 8.42 Å². The number of fused-ring (bicyclic) bond motifs is 1. The topological polar surface area (TPSA) is 104 Å². The average Bonchev–Trinajstić information content (AvgIpc) is 3.29. The number of nitrogens with zero attached hydrogens (tertiary/aromatic N) is 3. The number of ether oxygens (including phenoxy) is 3. The highest BCUT2D eigenvalue weighted by atomic mass is 32.2. The third-order valence-corrected chi connectivity index (χ3v) is 7.14. The SMILES string of the molecule is Cc1ccccc1-c1noc([C@@H]2CN(S(=O)(=O)c3ccc4c(c3)OCCO4)CCO2)n1. The first-order chi connectivity index (χ1) is 15.0. The van der Waals surface area contributed by atoms with Crippen LogP contribution in [0.2, 0.25) is 0 Å². The maximum atomic E-state index is 13.2. The zero-order valence-corrected chi connectivity index (χ0v) is 17.7. The Morgan fingerprint density at radius 1 is 1.03 bits per heavy atom. The molecule has 0 aliphatic carbocycles. The van der Waals surface area contributed by atoms with Gasteiger partial charge in [0.25, 0.3) is 5.89 Å². The molecule has 1 fully saturated rings. The van der Waals surface area contributed by atoms with E-state index in [1.54, 1.807) is 6.07 Å². The Morgan fingerprint density at radius 3 is 2.68 bits per heavy atom. The van der Waals surface area contributed by atoms with Gasteiger partial charge in [0.2, 0.25) is 15.8 Å². The first-order valence-electron chi connectivity index (χ1n) is 9.93. The third-order valence-electron chi connectivity index (χ3n) is 5.28. The molecule has 162 valence electrons. The predicted octanol–water partition coefficient (Wildman–Crippen LogP) is 2.58. The van der Waals surface area contributed by atoms with Crippen molar-refractivity contribution >= 4 is 10.0 Å². The van der Waals surface area contributed by atoms with Gasteiger partial charge in [-0.3, -0.25) is 0 Å². The fraction of sp³-hybridized carbons (Fsp3) is 0.333. The lowest BCUT2D eigenvalue weighted by atomic mass is 10.1. The summed E-state index contributed by atoms with van der Waals surface area (Å²) in [6.45, 7) is 3.31. The van der Waals surface area contributed by atoms with Gasteiger partial charge in [0.15, 0.2) is 17.6 Å². The Hall–Kier alpha value is -2.95. The highest BCUT2D eigenvalue weighted by Crippen LogP contribution is 2.34. The molecule has 0 saturated carbocycles. The highest BCUT2D eigenvalue weighted by Gasteiger charge is 2.35. The van der Waals surface area contributed by atoms with Gasteiger partial charge in [0.05, 0.1) is 11.5 Å². The van der Waals surface area contributed by atoms with Gasteiger partial charge in [0, 0.05) is 24.7 Å². The van der Waals surface area contributed by atoms with E-state index in [0.29, 0.717) is 30.5 Å². The number of aryl methyl sites for hydroxylation is 1. The molecule has 3 aromatic rings. The van der Waals surface area contributed by atoms with Gasteiger partial charge >= 0.3 is 0 Å². The van der Waals surface area contributed by atoms with Crippen LogP contribution in [-0.2, 0) is 14.8 Å². The fourth-order valence-corrected chi connectivity index (χ4v) is 5.07. The molecule has 1 aromatic heterocycles. The lowest BCUT2D eigenvalue weighted by Gasteiger charge is -2.30. The van der Waals surface area contributed by atoms with Crippen LogP contribution in [0.5, 0.6) is 11.5 Å². The molecule has 5 rings (SSSR count). The summed E-state index contributed by atoms with van der Waals surface area (Å²) in [4.78, 5) is 4.59. The molecule has 0 bridgehead atoms. The molecule has 10 heteroatoms. The Balaban J connectivity index is 1.38. The molecular weight excluding hydrogens is 422 g/mol. The summed E-state index contributed by atoms with van der Waals surface area (Å²) in [7, 11) is -3.76. The summed E-state index contributed by atoms with van der Waals surface area (Å²) in [6, 6.07) is 12.3. The molecule has 2 aromatic carbocycles. The molecule has 31 heavy (non-hydrogen) atoms. The van der Waals surface area contributed by atoms with Crippen LogP contribution in [0.15, 0.2) is 51.9 Å². The van der Waals surface area contributed by atoms with Gasteiger partial charge in [-0.15, -0.1) is 0 Å². The Kier molecular flexibility index (Phi) is 5.12. The molecule has 2 aliphatic heterocycles. The summed E-state index contributed by atoms with van der Waals surface area (Å²) in [5.74, 6) is 1.67. The predicted molar refractivity (Wildman–Crippen MR) is 109 cm³/mol. The monoisotopic (exact) mass is 443 g/mol. The van der Waals surface area contributed by atoms with Crippen molar-refractivity contribution in [2.24, 2.45) is 0 Å². The first-order valence-corrected chi connectivity index (χ1v) is 11.4. The number of sulfonamides is 1. The maximum absolute atomic E-state index is 13.2. The summed E-state index contributed by atoms with van der Waals surface area (Å²) in [5, 5.41) is 4.05. The highest BCUT2D eigenvalue weighted by molar-refractivity contribution is 7.89. The van der Waals surface area contributed by atoms with Crippen LogP contribution < -0.4 is 9.47 Å². The van der Waals surface area contributed by atoms with E-state index in [2.05, 4.69) is 10.1 Å². The molecule has 1 atom stereocenters. The van der Waals surface area contributed by atoms with Crippen molar-refractivity contribution in [1.82, 2.24) is 14.4 Å². The lowest BCUT2D eigenvalue weighted by Crippen LogP contribution is -2.42. The van der Waals surface area contributed by atoms with Crippen molar-refractivity contribution < 1.29 is 27.2 Å². The van der Waals surface area contributed by atoms with E-state index in [0.717, 1.165) is 11.1 Å². The van der Waals surface area contributed by atoms with Crippen molar-refractivity contribution in [1.29, 1.82) is 0 Å². The Bertz CT molecular complexity index is 1210. The maximum Gasteiger partial charge on any atom is 0.257 e. The van der Waals surface area contributed by atoms with Crippen LogP contribution in [0.3, 0.4) is 0 Å². The number of rotatable bonds is 4. The number of hydrogen-bond acceptors (Lipinski definition) is 8. The summed E-state index contributed by atoms with van der Waals surface area (Å²) >= 11 is 0. The smallest absolute Gasteiger partial charge is 0.257 e. The number of aromatic nitrogens is 2. The molecule has 0 unspecified atom stereocenters. The minimum atomic E-state index is -3.76. The second-order valence-electron chi connectivity index (χ2n) is 7.30. The van der Waals surface area contributed by atoms with Crippen LogP contribution >= 0.6 is 0 Å². The molecule has 1 saturated heterocycles. The van der Waals surface area contributed by atoms with Gasteiger partial charge in [-0.05, 0) is 24.6 Å². The first kappa shape index (κ1) is 20.0. The minimum absolute atomic E-state index is 0.0756. The van der Waals surface area contributed by atoms with E-state index in [1.807, 2.05) is 31.2 Å². The standard InChI is InChI=1S/C21H21N3O6S/c1-14-4-2-3-5-16(14)20-22-21(30-23-20)19-13-24(8-9-27-19)31(25,26)15-6-7-17-18(12-15)29-11-10-28-17/h2-7,12,19H,8-11,13H2,1H3/t19-/m0/s1. The second kappa shape index (κ2) is 7.95. The molecule has 3 heterocycles. The van der Waals surface area contributed by atoms with E-state index < -0.39 is 16.1 Å². The van der Waals surface area contributed by atoms with Crippen molar-refractivity contribution in [3.8, 4) is 22.9 Å². The van der Waals surface area contributed by atoms with Crippen LogP contribution in [-0.4, -0.2) is 55.8 Å². The van der Waals surface area contributed by atoms with E-state index in [1.165, 1.54) is 16.4 Å². The van der Waals surface area contributed by atoms with E-state index in [9.17, 15) is 8.42 Å². The zero-order chi connectivity index (χ0) is 21.4. The molecule has 2 aliphatic rings. The van der Waals surface area contributed by atoms with Crippen molar-refractivity contribution in [2.75, 3.05) is 32.9 Å². The summed E-state index contributed by atoms with van der Waals surface area (Å²) in [6.07, 6.45) is -0.647. The van der Waals surface area contributed by atoms with Crippen LogP contribution in [0.25, 0.3) is 11.4 Å². The molecule has 0 amide bonds. The molecule has 9 nitrogen and oxygen atoms in total. The average molecular weight is 443 g/mol. The van der Waals surface area contributed by atoms with Crippen molar-refractivity contribution in [2.45, 2.75) is 17.9 Å². The lowest BCUT2D eigenvalue weighted by molar-refractivity contribution is -0.0199. The normalized spacial score (nSPS) is 19.3. The van der Waals surface area contributed by atoms with Crippen molar-refractivity contribution in [3.63, 3.8) is 0 Å². The van der Waals surface area contributed by atoms with Crippen LogP contribution in [0.1, 0.15) is 17.6 Å². The van der Waals surface area contributed by atoms with Gasteiger partial charge in [-0.2, -0.15) is 9.29 Å². The van der Waals surface area contributed by atoms with Crippen LogP contribution in [0, 0.1) is 6.92 Å². The number of benzene rings is 2. The number of hydrogen-bond donors (Lipinski definition) is 0. The van der Waals surface area contributed by atoms with E-state index in [4.69, 9.17) is 18.7 Å². The zero-order valence-electron chi connectivity index (χ0n) is 16.9. The molecular formula is C21H21N3O6S. The fourth-order valence-electron chi connectivity index (χ4n) is 3.63. The largest absolute Gasteiger partial charge is 0.486 e. The summed E-state index contributed by atoms with van der Waals surface area (Å²) in [5.41, 5.74) is 1.87. The van der Waals surface area contributed by atoms with Gasteiger partial charge < -0.3 is 18.7 Å². The quantitative estimate of drug-likeness (QED) is 0.606.